The Labute approximate surface area is 206 Å². The normalized spacial score (nSPS) is 14.5. The average Bonchev–Trinajstić information content (AvgIpc) is 3.23. The number of Topliss-reactive ketones (excluding diaryl/α,β-unsaturated/α-hetero) is 1. The van der Waals surface area contributed by atoms with E-state index in [1.807, 2.05) is 35.4 Å². The number of ether oxygens (including phenoxy) is 1. The van der Waals surface area contributed by atoms with Crippen molar-refractivity contribution in [2.24, 2.45) is 5.92 Å². The molecule has 1 amide bonds. The molecule has 2 aromatic heterocycles. The highest BCUT2D eigenvalue weighted by Gasteiger charge is 2.20. The third-order valence-corrected chi connectivity index (χ3v) is 6.18. The van der Waals surface area contributed by atoms with Crippen molar-refractivity contribution in [1.29, 1.82) is 0 Å². The summed E-state index contributed by atoms with van der Waals surface area (Å²) < 4.78 is 7.23. The fraction of sp³-hybridized carbons (Fsp3) is 0.462. The Morgan fingerprint density at radius 2 is 1.91 bits per heavy atom. The summed E-state index contributed by atoms with van der Waals surface area (Å²) in [5, 5.41) is 8.69. The molecule has 3 aromatic rings. The van der Waals surface area contributed by atoms with Crippen LogP contribution in [-0.2, 0) is 17.8 Å². The van der Waals surface area contributed by atoms with E-state index >= 15 is 0 Å². The molecule has 1 N–H and O–H groups in total. The lowest BCUT2D eigenvalue weighted by atomic mass is 10.0. The lowest BCUT2D eigenvalue weighted by Crippen LogP contribution is -2.48. The van der Waals surface area contributed by atoms with Crippen molar-refractivity contribution in [3.05, 3.63) is 47.8 Å². The van der Waals surface area contributed by atoms with Crippen LogP contribution in [0.25, 0.3) is 10.9 Å². The summed E-state index contributed by atoms with van der Waals surface area (Å²) in [4.78, 5) is 34.3. The zero-order valence-corrected chi connectivity index (χ0v) is 21.0. The molecular weight excluding hydrogens is 444 g/mol. The van der Waals surface area contributed by atoms with Crippen molar-refractivity contribution in [2.75, 3.05) is 52.2 Å². The van der Waals surface area contributed by atoms with E-state index in [-0.39, 0.29) is 24.7 Å². The SMILES string of the molecule is COc1cc2nn(CC(=O)N3CCN(C)CC3)cc2cc1CC(=O)c1cccc(NCC(C)C)n1. The second-order valence-corrected chi connectivity index (χ2v) is 9.52. The van der Waals surface area contributed by atoms with E-state index in [2.05, 4.69) is 41.2 Å². The van der Waals surface area contributed by atoms with Crippen molar-refractivity contribution in [3.8, 4) is 5.75 Å². The van der Waals surface area contributed by atoms with Crippen molar-refractivity contribution < 1.29 is 14.3 Å². The summed E-state index contributed by atoms with van der Waals surface area (Å²) >= 11 is 0. The van der Waals surface area contributed by atoms with Crippen LogP contribution in [0, 0.1) is 5.92 Å². The predicted octanol–water partition coefficient (Wildman–Crippen LogP) is 2.71. The molecule has 1 aromatic carbocycles. The summed E-state index contributed by atoms with van der Waals surface area (Å²) in [6, 6.07) is 9.17. The molecule has 9 heteroatoms. The first-order valence-corrected chi connectivity index (χ1v) is 12.1. The number of nitrogens with one attached hydrogen (secondary N) is 1. The Kier molecular flexibility index (Phi) is 7.65. The summed E-state index contributed by atoms with van der Waals surface area (Å²) in [6.45, 7) is 8.45. The number of piperazine rings is 1. The van der Waals surface area contributed by atoms with E-state index in [0.29, 0.717) is 23.2 Å². The molecule has 186 valence electrons. The van der Waals surface area contributed by atoms with E-state index < -0.39 is 0 Å². The molecule has 1 aliphatic heterocycles. The van der Waals surface area contributed by atoms with Crippen LogP contribution in [0.4, 0.5) is 5.82 Å². The number of carbonyl (C=O) groups is 2. The number of benzene rings is 1. The van der Waals surface area contributed by atoms with Gasteiger partial charge in [-0.25, -0.2) is 4.98 Å². The molecular formula is C26H34N6O3. The van der Waals surface area contributed by atoms with Crippen LogP contribution < -0.4 is 10.1 Å². The molecule has 0 atom stereocenters. The standard InChI is InChI=1S/C26H34N6O3/c1-18(2)15-27-25-7-5-6-21(28-25)23(33)13-19-12-20-16-32(29-22(20)14-24(19)35-4)17-26(34)31-10-8-30(3)9-11-31/h5-7,12,14,16,18H,8-11,13,15,17H2,1-4H3,(H,27,28). The molecule has 0 aliphatic carbocycles. The van der Waals surface area contributed by atoms with Crippen molar-refractivity contribution >= 4 is 28.4 Å². The minimum atomic E-state index is -0.0894. The molecule has 1 saturated heterocycles. The maximum Gasteiger partial charge on any atom is 0.244 e. The number of methoxy groups -OCH3 is 1. The Bertz CT molecular complexity index is 1200. The molecule has 35 heavy (non-hydrogen) atoms. The molecule has 0 radical (unpaired) electrons. The van der Waals surface area contributed by atoms with E-state index in [9.17, 15) is 9.59 Å². The first-order valence-electron chi connectivity index (χ1n) is 12.1. The monoisotopic (exact) mass is 478 g/mol. The van der Waals surface area contributed by atoms with Crippen LogP contribution in [0.3, 0.4) is 0 Å². The quantitative estimate of drug-likeness (QED) is 0.473. The zero-order valence-electron chi connectivity index (χ0n) is 21.0. The van der Waals surface area contributed by atoms with Gasteiger partial charge in [-0.05, 0) is 31.2 Å². The number of nitrogens with zero attached hydrogens (tertiary/aromatic N) is 5. The Morgan fingerprint density at radius 3 is 2.63 bits per heavy atom. The van der Waals surface area contributed by atoms with Gasteiger partial charge in [0, 0.05) is 62.4 Å². The van der Waals surface area contributed by atoms with Crippen LogP contribution in [0.2, 0.25) is 0 Å². The minimum absolute atomic E-state index is 0.0605. The van der Waals surface area contributed by atoms with Gasteiger partial charge in [-0.3, -0.25) is 14.3 Å². The maximum atomic E-state index is 13.0. The number of aromatic nitrogens is 3. The molecule has 9 nitrogen and oxygen atoms in total. The van der Waals surface area contributed by atoms with E-state index in [4.69, 9.17) is 4.74 Å². The molecule has 3 heterocycles. The van der Waals surface area contributed by atoms with Crippen molar-refractivity contribution in [2.45, 2.75) is 26.8 Å². The number of rotatable bonds is 9. The number of fused-ring (bicyclic) bond motifs is 1. The topological polar surface area (TPSA) is 92.6 Å². The van der Waals surface area contributed by atoms with E-state index in [1.54, 1.807) is 17.9 Å². The van der Waals surface area contributed by atoms with Gasteiger partial charge in [-0.2, -0.15) is 5.10 Å². The van der Waals surface area contributed by atoms with Crippen LogP contribution in [-0.4, -0.2) is 83.1 Å². The van der Waals surface area contributed by atoms with Gasteiger partial charge < -0.3 is 19.9 Å². The number of hydrogen-bond donors (Lipinski definition) is 1. The Hall–Kier alpha value is -3.46. The number of amides is 1. The fourth-order valence-electron chi connectivity index (χ4n) is 4.12. The lowest BCUT2D eigenvalue weighted by Gasteiger charge is -2.32. The van der Waals surface area contributed by atoms with Crippen molar-refractivity contribution in [1.82, 2.24) is 24.6 Å². The molecule has 0 spiro atoms. The molecule has 0 bridgehead atoms. The smallest absolute Gasteiger partial charge is 0.244 e. The fourth-order valence-corrected chi connectivity index (χ4v) is 4.12. The van der Waals surface area contributed by atoms with Gasteiger partial charge in [0.1, 0.15) is 23.8 Å². The van der Waals surface area contributed by atoms with Gasteiger partial charge >= 0.3 is 0 Å². The lowest BCUT2D eigenvalue weighted by molar-refractivity contribution is -0.133. The Balaban J connectivity index is 1.49. The summed E-state index contributed by atoms with van der Waals surface area (Å²) in [5.74, 6) is 1.73. The predicted molar refractivity (Wildman–Crippen MR) is 136 cm³/mol. The summed E-state index contributed by atoms with van der Waals surface area (Å²) in [6.07, 6.45) is 2.01. The molecule has 0 unspecified atom stereocenters. The van der Waals surface area contributed by atoms with Gasteiger partial charge in [0.2, 0.25) is 5.91 Å². The van der Waals surface area contributed by atoms with E-state index in [1.165, 1.54) is 0 Å². The van der Waals surface area contributed by atoms with Crippen LogP contribution in [0.1, 0.15) is 29.9 Å². The molecule has 1 aliphatic rings. The number of likely N-dealkylation sites (N-methyl/N-ethyl adjacent to an activating group) is 1. The number of pyridine rings is 1. The largest absolute Gasteiger partial charge is 0.496 e. The molecule has 1 fully saturated rings. The average molecular weight is 479 g/mol. The van der Waals surface area contributed by atoms with Gasteiger partial charge in [-0.1, -0.05) is 19.9 Å². The number of ketones is 1. The van der Waals surface area contributed by atoms with Crippen LogP contribution in [0.5, 0.6) is 5.75 Å². The highest BCUT2D eigenvalue weighted by Crippen LogP contribution is 2.27. The minimum Gasteiger partial charge on any atom is -0.496 e. The van der Waals surface area contributed by atoms with E-state index in [0.717, 1.165) is 49.2 Å². The first-order chi connectivity index (χ1) is 16.8. The number of anilines is 1. The second kappa shape index (κ2) is 10.9. The first kappa shape index (κ1) is 24.7. The van der Waals surface area contributed by atoms with Gasteiger partial charge in [-0.15, -0.1) is 0 Å². The summed E-state index contributed by atoms with van der Waals surface area (Å²) in [5.41, 5.74) is 1.90. The highest BCUT2D eigenvalue weighted by molar-refractivity contribution is 5.97. The third-order valence-electron chi connectivity index (χ3n) is 6.18. The van der Waals surface area contributed by atoms with Crippen molar-refractivity contribution in [3.63, 3.8) is 0 Å². The Morgan fingerprint density at radius 1 is 1.14 bits per heavy atom. The highest BCUT2D eigenvalue weighted by atomic mass is 16.5. The van der Waals surface area contributed by atoms with Gasteiger partial charge in [0.05, 0.1) is 12.6 Å². The van der Waals surface area contributed by atoms with Gasteiger partial charge in [0.15, 0.2) is 5.78 Å². The maximum absolute atomic E-state index is 13.0. The molecule has 4 rings (SSSR count). The van der Waals surface area contributed by atoms with Gasteiger partial charge in [0.25, 0.3) is 0 Å². The third kappa shape index (κ3) is 6.16. The molecule has 0 saturated carbocycles. The number of carbonyl (C=O) groups excluding carboxylic acids is 2. The summed E-state index contributed by atoms with van der Waals surface area (Å²) in [7, 11) is 3.64. The zero-order chi connectivity index (χ0) is 24.9. The second-order valence-electron chi connectivity index (χ2n) is 9.52. The van der Waals surface area contributed by atoms with Crippen LogP contribution >= 0.6 is 0 Å². The van der Waals surface area contributed by atoms with Crippen LogP contribution in [0.15, 0.2) is 36.5 Å². The number of hydrogen-bond acceptors (Lipinski definition) is 7.